The Kier molecular flexibility index (Phi) is 3.61. The fraction of sp³-hybridized carbons (Fsp3) is 0.0667. The first-order valence-corrected chi connectivity index (χ1v) is 7.90. The molecule has 3 aromatic rings. The van der Waals surface area contributed by atoms with E-state index in [9.17, 15) is 4.39 Å². The lowest BCUT2D eigenvalue weighted by Crippen LogP contribution is -1.94. The maximum absolute atomic E-state index is 13.5. The quantitative estimate of drug-likeness (QED) is 0.482. The summed E-state index contributed by atoms with van der Waals surface area (Å²) in [5, 5.41) is 3.44. The number of benzene rings is 2. The fourth-order valence-electron chi connectivity index (χ4n) is 2.08. The highest BCUT2D eigenvalue weighted by molar-refractivity contribution is 9.09. The van der Waals surface area contributed by atoms with Crippen molar-refractivity contribution in [1.29, 1.82) is 0 Å². The van der Waals surface area contributed by atoms with E-state index in [0.29, 0.717) is 0 Å². The van der Waals surface area contributed by atoms with Crippen LogP contribution in [0, 0.1) is 5.82 Å². The van der Waals surface area contributed by atoms with E-state index in [1.165, 1.54) is 16.2 Å². The number of fused-ring (bicyclic) bond motifs is 1. The summed E-state index contributed by atoms with van der Waals surface area (Å²) in [4.78, 5) is -0.105. The van der Waals surface area contributed by atoms with Gasteiger partial charge >= 0.3 is 0 Å². The first-order valence-electron chi connectivity index (χ1n) is 5.72. The minimum absolute atomic E-state index is 0.105. The number of halogens is 3. The molecule has 0 N–H and O–H groups in total. The van der Waals surface area contributed by atoms with Crippen LogP contribution in [0.1, 0.15) is 16.0 Å². The standard InChI is InChI=1S/C15H9BrClFS/c16-14(10-5-3-6-12(18)15(10)17)11-8-19-13-7-2-1-4-9(11)13/h1-8,14H. The van der Waals surface area contributed by atoms with Crippen molar-refractivity contribution >= 4 is 49.0 Å². The Morgan fingerprint density at radius 2 is 1.84 bits per heavy atom. The van der Waals surface area contributed by atoms with Crippen molar-refractivity contribution in [2.75, 3.05) is 0 Å². The molecule has 1 aromatic heterocycles. The molecule has 1 unspecified atom stereocenters. The molecule has 0 saturated heterocycles. The van der Waals surface area contributed by atoms with Gasteiger partial charge in [-0.25, -0.2) is 4.39 Å². The van der Waals surface area contributed by atoms with E-state index >= 15 is 0 Å². The van der Waals surface area contributed by atoms with Crippen LogP contribution in [0.3, 0.4) is 0 Å². The van der Waals surface area contributed by atoms with Crippen molar-refractivity contribution in [2.24, 2.45) is 0 Å². The second-order valence-corrected chi connectivity index (χ2v) is 6.40. The van der Waals surface area contributed by atoms with Crippen LogP contribution in [0.25, 0.3) is 10.1 Å². The molecule has 0 saturated carbocycles. The highest BCUT2D eigenvalue weighted by Gasteiger charge is 2.19. The van der Waals surface area contributed by atoms with Gasteiger partial charge < -0.3 is 0 Å². The first-order chi connectivity index (χ1) is 9.18. The van der Waals surface area contributed by atoms with E-state index in [4.69, 9.17) is 11.6 Å². The van der Waals surface area contributed by atoms with E-state index < -0.39 is 0 Å². The van der Waals surface area contributed by atoms with Crippen molar-refractivity contribution in [3.63, 3.8) is 0 Å². The molecule has 0 aliphatic carbocycles. The zero-order valence-corrected chi connectivity index (χ0v) is 12.9. The maximum atomic E-state index is 13.5. The molecular formula is C15H9BrClFS. The molecule has 0 spiro atoms. The van der Waals surface area contributed by atoms with Gasteiger partial charge in [-0.2, -0.15) is 0 Å². The average molecular weight is 356 g/mol. The molecule has 0 bridgehead atoms. The third-order valence-electron chi connectivity index (χ3n) is 3.04. The summed E-state index contributed by atoms with van der Waals surface area (Å²) in [6.45, 7) is 0. The minimum Gasteiger partial charge on any atom is -0.205 e. The molecule has 0 amide bonds. The van der Waals surface area contributed by atoms with Gasteiger partial charge in [-0.3, -0.25) is 0 Å². The van der Waals surface area contributed by atoms with Crippen LogP contribution < -0.4 is 0 Å². The van der Waals surface area contributed by atoms with Crippen LogP contribution in [-0.4, -0.2) is 0 Å². The van der Waals surface area contributed by atoms with Gasteiger partial charge in [0.15, 0.2) is 0 Å². The SMILES string of the molecule is Fc1cccc(C(Br)c2csc3ccccc23)c1Cl. The molecule has 0 nitrogen and oxygen atoms in total. The van der Waals surface area contributed by atoms with Gasteiger partial charge in [0.2, 0.25) is 0 Å². The molecule has 0 aliphatic heterocycles. The van der Waals surface area contributed by atoms with Crippen molar-refractivity contribution in [3.05, 3.63) is 69.8 Å². The van der Waals surface area contributed by atoms with Crippen LogP contribution in [0.2, 0.25) is 5.02 Å². The predicted molar refractivity (Wildman–Crippen MR) is 84.0 cm³/mol. The lowest BCUT2D eigenvalue weighted by atomic mass is 10.0. The van der Waals surface area contributed by atoms with Crippen molar-refractivity contribution in [3.8, 4) is 0 Å². The number of rotatable bonds is 2. The molecule has 4 heteroatoms. The van der Waals surface area contributed by atoms with E-state index in [1.807, 2.05) is 18.2 Å². The van der Waals surface area contributed by atoms with E-state index in [-0.39, 0.29) is 15.7 Å². The average Bonchev–Trinajstić information content (AvgIpc) is 2.85. The Bertz CT molecular complexity index is 738. The fourth-order valence-corrected chi connectivity index (χ4v) is 4.37. The number of hydrogen-bond donors (Lipinski definition) is 0. The van der Waals surface area contributed by atoms with Gasteiger partial charge in [-0.15, -0.1) is 11.3 Å². The van der Waals surface area contributed by atoms with Crippen LogP contribution in [0.4, 0.5) is 4.39 Å². The summed E-state index contributed by atoms with van der Waals surface area (Å²) in [7, 11) is 0. The summed E-state index contributed by atoms with van der Waals surface area (Å²) in [5.74, 6) is -0.386. The smallest absolute Gasteiger partial charge is 0.142 e. The van der Waals surface area contributed by atoms with Crippen LogP contribution in [0.5, 0.6) is 0 Å². The zero-order valence-electron chi connectivity index (χ0n) is 9.74. The normalized spacial score (nSPS) is 12.8. The third kappa shape index (κ3) is 2.31. The van der Waals surface area contributed by atoms with E-state index in [2.05, 4.69) is 33.4 Å². The molecular weight excluding hydrogens is 347 g/mol. The second-order valence-electron chi connectivity index (χ2n) is 4.19. The monoisotopic (exact) mass is 354 g/mol. The third-order valence-corrected chi connectivity index (χ3v) is 5.41. The van der Waals surface area contributed by atoms with Gasteiger partial charge in [0.1, 0.15) is 5.82 Å². The molecule has 2 aromatic carbocycles. The van der Waals surface area contributed by atoms with Crippen molar-refractivity contribution in [2.45, 2.75) is 4.83 Å². The Hall–Kier alpha value is -0.900. The lowest BCUT2D eigenvalue weighted by molar-refractivity contribution is 0.626. The molecule has 19 heavy (non-hydrogen) atoms. The van der Waals surface area contributed by atoms with Crippen LogP contribution in [0.15, 0.2) is 47.8 Å². The summed E-state index contributed by atoms with van der Waals surface area (Å²) >= 11 is 11.4. The highest BCUT2D eigenvalue weighted by Crippen LogP contribution is 2.41. The Balaban J connectivity index is 2.13. The van der Waals surface area contributed by atoms with Gasteiger partial charge in [0, 0.05) is 4.70 Å². The van der Waals surface area contributed by atoms with Crippen molar-refractivity contribution in [1.82, 2.24) is 0 Å². The molecule has 3 rings (SSSR count). The van der Waals surface area contributed by atoms with Gasteiger partial charge in [-0.05, 0) is 34.0 Å². The summed E-state index contributed by atoms with van der Waals surface area (Å²) in [5.41, 5.74) is 1.87. The molecule has 96 valence electrons. The zero-order chi connectivity index (χ0) is 13.4. The van der Waals surface area contributed by atoms with E-state index in [1.54, 1.807) is 17.4 Å². The van der Waals surface area contributed by atoms with Crippen LogP contribution >= 0.6 is 38.9 Å². The van der Waals surface area contributed by atoms with Gasteiger partial charge in [0.05, 0.1) is 9.85 Å². The van der Waals surface area contributed by atoms with Crippen molar-refractivity contribution < 1.29 is 4.39 Å². The summed E-state index contributed by atoms with van der Waals surface area (Å²) < 4.78 is 14.8. The number of alkyl halides is 1. The summed E-state index contributed by atoms with van der Waals surface area (Å²) in [6.07, 6.45) is 0. The highest BCUT2D eigenvalue weighted by atomic mass is 79.9. The Morgan fingerprint density at radius 1 is 1.05 bits per heavy atom. The first kappa shape index (κ1) is 13.1. The number of thiophene rings is 1. The van der Waals surface area contributed by atoms with Gasteiger partial charge in [-0.1, -0.05) is 57.9 Å². The Morgan fingerprint density at radius 3 is 2.68 bits per heavy atom. The molecule has 0 aliphatic rings. The van der Waals surface area contributed by atoms with E-state index in [0.717, 1.165) is 11.1 Å². The minimum atomic E-state index is -0.386. The Labute approximate surface area is 128 Å². The summed E-state index contributed by atoms with van der Waals surface area (Å²) in [6, 6.07) is 13.1. The molecule has 0 fully saturated rings. The van der Waals surface area contributed by atoms with Gasteiger partial charge in [0.25, 0.3) is 0 Å². The second kappa shape index (κ2) is 5.23. The lowest BCUT2D eigenvalue weighted by Gasteiger charge is -2.12. The molecule has 1 atom stereocenters. The van der Waals surface area contributed by atoms with Crippen LogP contribution in [-0.2, 0) is 0 Å². The topological polar surface area (TPSA) is 0 Å². The number of hydrogen-bond acceptors (Lipinski definition) is 1. The molecule has 1 heterocycles. The maximum Gasteiger partial charge on any atom is 0.142 e. The molecule has 0 radical (unpaired) electrons. The largest absolute Gasteiger partial charge is 0.205 e. The predicted octanol–water partition coefficient (Wildman–Crippen LogP) is 6.18.